The molecule has 0 fully saturated rings. The molecule has 5 heteroatoms. The Kier molecular flexibility index (Phi) is 3.87. The fourth-order valence-corrected chi connectivity index (χ4v) is 3.58. The maximum absolute atomic E-state index is 12.0. The predicted molar refractivity (Wildman–Crippen MR) is 81.0 cm³/mol. The van der Waals surface area contributed by atoms with Crippen molar-refractivity contribution in [2.24, 2.45) is 0 Å². The Morgan fingerprint density at radius 3 is 3.20 bits per heavy atom. The van der Waals surface area contributed by atoms with Crippen molar-refractivity contribution in [1.82, 2.24) is 5.32 Å². The van der Waals surface area contributed by atoms with E-state index >= 15 is 0 Å². The summed E-state index contributed by atoms with van der Waals surface area (Å²) in [6.07, 6.45) is 6.08. The second-order valence-electron chi connectivity index (χ2n) is 5.00. The zero-order valence-electron chi connectivity index (χ0n) is 11.4. The molecule has 1 aliphatic carbocycles. The van der Waals surface area contributed by atoms with Crippen molar-refractivity contribution < 1.29 is 9.53 Å². The van der Waals surface area contributed by atoms with Crippen molar-refractivity contribution in [3.05, 3.63) is 29.8 Å². The van der Waals surface area contributed by atoms with Crippen LogP contribution in [0.5, 0.6) is 5.75 Å². The average Bonchev–Trinajstić information content (AvgIpc) is 3.06. The number of benzene rings is 1. The van der Waals surface area contributed by atoms with Crippen LogP contribution < -0.4 is 15.4 Å². The Hall–Kier alpha value is -1.62. The minimum Gasteiger partial charge on any atom is -0.497 e. The lowest BCUT2D eigenvalue weighted by Gasteiger charge is -2.13. The summed E-state index contributed by atoms with van der Waals surface area (Å²) in [4.78, 5) is 13.1. The molecule has 1 atom stereocenters. The molecule has 0 spiro atoms. The number of nitrogens with one attached hydrogen (secondary N) is 2. The van der Waals surface area contributed by atoms with Crippen LogP contribution in [-0.2, 0) is 4.79 Å². The normalized spacial score (nSPS) is 20.1. The molecule has 0 unspecified atom stereocenters. The van der Waals surface area contributed by atoms with Gasteiger partial charge in [-0.2, -0.15) is 0 Å². The Morgan fingerprint density at radius 1 is 1.55 bits per heavy atom. The van der Waals surface area contributed by atoms with Gasteiger partial charge in [-0.15, -0.1) is 0 Å². The Morgan fingerprint density at radius 2 is 2.45 bits per heavy atom. The highest BCUT2D eigenvalue weighted by atomic mass is 32.2. The van der Waals surface area contributed by atoms with Gasteiger partial charge in [-0.1, -0.05) is 23.4 Å². The summed E-state index contributed by atoms with van der Waals surface area (Å²) in [5.41, 5.74) is 2.22. The number of thioether (sulfide) groups is 1. The van der Waals surface area contributed by atoms with E-state index in [9.17, 15) is 4.79 Å². The largest absolute Gasteiger partial charge is 0.497 e. The molecule has 0 radical (unpaired) electrons. The van der Waals surface area contributed by atoms with Gasteiger partial charge in [-0.05, 0) is 37.5 Å². The molecule has 2 aliphatic rings. The van der Waals surface area contributed by atoms with Gasteiger partial charge >= 0.3 is 0 Å². The Balaban J connectivity index is 1.56. The van der Waals surface area contributed by atoms with Crippen LogP contribution in [0.1, 0.15) is 25.7 Å². The van der Waals surface area contributed by atoms with E-state index in [2.05, 4.69) is 16.7 Å². The smallest absolute Gasteiger partial charge is 0.226 e. The quantitative estimate of drug-likeness (QED) is 0.837. The van der Waals surface area contributed by atoms with E-state index in [-0.39, 0.29) is 11.4 Å². The summed E-state index contributed by atoms with van der Waals surface area (Å²) in [6.45, 7) is 0. The summed E-state index contributed by atoms with van der Waals surface area (Å²) in [5.74, 6) is 0.920. The van der Waals surface area contributed by atoms with Gasteiger partial charge in [-0.25, -0.2) is 0 Å². The topological polar surface area (TPSA) is 50.4 Å². The second kappa shape index (κ2) is 5.79. The summed E-state index contributed by atoms with van der Waals surface area (Å²) < 4.78 is 5.21. The number of carbonyl (C=O) groups is 1. The van der Waals surface area contributed by atoms with Gasteiger partial charge in [0, 0.05) is 11.3 Å². The number of ether oxygens (including phenoxy) is 1. The molecule has 0 saturated heterocycles. The van der Waals surface area contributed by atoms with E-state index < -0.39 is 0 Å². The number of fused-ring (bicyclic) bond motifs is 1. The molecule has 1 aromatic carbocycles. The summed E-state index contributed by atoms with van der Waals surface area (Å²) >= 11 is 1.61. The van der Waals surface area contributed by atoms with Crippen molar-refractivity contribution in [2.75, 3.05) is 12.4 Å². The van der Waals surface area contributed by atoms with E-state index in [1.807, 2.05) is 18.2 Å². The third-order valence-electron chi connectivity index (χ3n) is 3.53. The highest BCUT2D eigenvalue weighted by Gasteiger charge is 2.23. The third-order valence-corrected chi connectivity index (χ3v) is 4.60. The van der Waals surface area contributed by atoms with Crippen LogP contribution in [0.4, 0.5) is 5.69 Å². The number of methoxy groups -OCH3 is 1. The predicted octanol–water partition coefficient (Wildman–Crippen LogP) is 3.11. The lowest BCUT2D eigenvalue weighted by Crippen LogP contribution is -2.35. The fourth-order valence-electron chi connectivity index (χ4n) is 2.51. The first kappa shape index (κ1) is 13.4. The summed E-state index contributed by atoms with van der Waals surface area (Å²) in [5, 5.41) is 6.32. The van der Waals surface area contributed by atoms with Gasteiger partial charge in [-0.3, -0.25) is 4.79 Å². The van der Waals surface area contributed by atoms with Crippen LogP contribution in [0.15, 0.2) is 34.7 Å². The van der Waals surface area contributed by atoms with E-state index in [0.29, 0.717) is 6.42 Å². The lowest BCUT2D eigenvalue weighted by molar-refractivity contribution is -0.120. The number of carbonyl (C=O) groups excluding carboxylic acids is 1. The minimum atomic E-state index is -0.0911. The van der Waals surface area contributed by atoms with E-state index in [1.165, 1.54) is 12.0 Å². The van der Waals surface area contributed by atoms with Crippen molar-refractivity contribution >= 4 is 23.4 Å². The molecule has 2 N–H and O–H groups in total. The number of hydrogen-bond acceptors (Lipinski definition) is 4. The van der Waals surface area contributed by atoms with Gasteiger partial charge in [0.25, 0.3) is 0 Å². The molecular weight excluding hydrogens is 272 g/mol. The number of amides is 1. The minimum absolute atomic E-state index is 0.0860. The first-order chi connectivity index (χ1) is 9.74. The Bertz CT molecular complexity index is 557. The molecular formula is C15H18N2O2S. The van der Waals surface area contributed by atoms with Gasteiger partial charge in [0.15, 0.2) is 5.50 Å². The highest BCUT2D eigenvalue weighted by Crippen LogP contribution is 2.39. The second-order valence-corrected chi connectivity index (χ2v) is 6.15. The highest BCUT2D eigenvalue weighted by molar-refractivity contribution is 8.00. The molecule has 106 valence electrons. The van der Waals surface area contributed by atoms with Gasteiger partial charge < -0.3 is 15.4 Å². The first-order valence-corrected chi connectivity index (χ1v) is 7.71. The number of anilines is 1. The third kappa shape index (κ3) is 2.93. The molecule has 0 bridgehead atoms. The number of allylic oxidation sites excluding steroid dienone is 1. The van der Waals surface area contributed by atoms with E-state index in [1.54, 1.807) is 18.9 Å². The summed E-state index contributed by atoms with van der Waals surface area (Å²) in [7, 11) is 1.66. The number of rotatable bonds is 4. The molecule has 4 nitrogen and oxygen atoms in total. The molecule has 1 amide bonds. The average molecular weight is 290 g/mol. The monoisotopic (exact) mass is 290 g/mol. The van der Waals surface area contributed by atoms with Gasteiger partial charge in [0.1, 0.15) is 5.75 Å². The van der Waals surface area contributed by atoms with Crippen LogP contribution in [0, 0.1) is 0 Å². The lowest BCUT2D eigenvalue weighted by atomic mass is 10.1. The van der Waals surface area contributed by atoms with Crippen molar-refractivity contribution in [2.45, 2.75) is 36.1 Å². The SMILES string of the molecule is COc1ccc2c(c1)S[C@@H](NC(=O)CC1=CCCC1)N2. The zero-order valence-corrected chi connectivity index (χ0v) is 12.3. The molecule has 3 rings (SSSR count). The van der Waals surface area contributed by atoms with Crippen LogP contribution in [0.25, 0.3) is 0 Å². The first-order valence-electron chi connectivity index (χ1n) is 6.83. The molecule has 1 heterocycles. The van der Waals surface area contributed by atoms with Crippen LogP contribution in [-0.4, -0.2) is 18.5 Å². The molecule has 0 aromatic heterocycles. The van der Waals surface area contributed by atoms with E-state index in [4.69, 9.17) is 4.74 Å². The molecule has 20 heavy (non-hydrogen) atoms. The molecule has 1 aliphatic heterocycles. The molecule has 0 saturated carbocycles. The van der Waals surface area contributed by atoms with E-state index in [0.717, 1.165) is 29.2 Å². The van der Waals surface area contributed by atoms with Crippen molar-refractivity contribution in [3.8, 4) is 5.75 Å². The van der Waals surface area contributed by atoms with Crippen molar-refractivity contribution in [3.63, 3.8) is 0 Å². The van der Waals surface area contributed by atoms with Gasteiger partial charge in [0.2, 0.25) is 5.91 Å². The fraction of sp³-hybridized carbons (Fsp3) is 0.400. The number of hydrogen-bond donors (Lipinski definition) is 2. The van der Waals surface area contributed by atoms with Crippen LogP contribution in [0.2, 0.25) is 0 Å². The standard InChI is InChI=1S/C15H18N2O2S/c1-19-11-6-7-12-13(9-11)20-15(16-12)17-14(18)8-10-4-2-3-5-10/h4,6-7,9,15-16H,2-3,5,8H2,1H3,(H,17,18)/t15-/m1/s1. The van der Waals surface area contributed by atoms with Gasteiger partial charge in [0.05, 0.1) is 12.8 Å². The van der Waals surface area contributed by atoms with Crippen LogP contribution >= 0.6 is 11.8 Å². The maximum Gasteiger partial charge on any atom is 0.226 e. The summed E-state index contributed by atoms with van der Waals surface area (Å²) in [6, 6.07) is 5.88. The maximum atomic E-state index is 12.0. The van der Waals surface area contributed by atoms with Crippen LogP contribution in [0.3, 0.4) is 0 Å². The Labute approximate surface area is 123 Å². The zero-order chi connectivity index (χ0) is 13.9. The molecule has 1 aromatic rings. The van der Waals surface area contributed by atoms with Crippen molar-refractivity contribution in [1.29, 1.82) is 0 Å².